The van der Waals surface area contributed by atoms with Crippen LogP contribution in [0.5, 0.6) is 0 Å². The number of rotatable bonds is 4. The molecule has 1 aliphatic heterocycles. The fourth-order valence-electron chi connectivity index (χ4n) is 2.12. The van der Waals surface area contributed by atoms with Crippen LogP contribution in [-0.4, -0.2) is 53.5 Å². The van der Waals surface area contributed by atoms with E-state index in [4.69, 9.17) is 0 Å². The van der Waals surface area contributed by atoms with Crippen molar-refractivity contribution in [3.63, 3.8) is 0 Å². The third-order valence-corrected chi connectivity index (χ3v) is 3.36. The maximum absolute atomic E-state index is 13.8. The number of carbonyl (C=O) groups excluding carboxylic acids is 1. The highest BCUT2D eigenvalue weighted by molar-refractivity contribution is 5.76. The zero-order valence-electron chi connectivity index (χ0n) is 10.8. The van der Waals surface area contributed by atoms with E-state index in [-0.39, 0.29) is 19.4 Å². The van der Waals surface area contributed by atoms with E-state index >= 15 is 0 Å². The predicted molar refractivity (Wildman–Crippen MR) is 62.4 cm³/mol. The molecular weight excluding hydrogens is 225 g/mol. The quantitative estimate of drug-likeness (QED) is 0.756. The molecule has 1 unspecified atom stereocenters. The Morgan fingerprint density at radius 3 is 2.41 bits per heavy atom. The van der Waals surface area contributed by atoms with E-state index in [1.807, 2.05) is 0 Å². The number of likely N-dealkylation sites (tertiary alicyclic amines) is 1. The maximum Gasteiger partial charge on any atom is 0.343 e. The standard InChI is InChI=1S/C12H22FNO3/c1-4-17-11(15)10(13)12(16)5-7-14(8-6-12)9(2)3/h9-10,16H,4-8H2,1-3H3. The largest absolute Gasteiger partial charge is 0.464 e. The Hall–Kier alpha value is -0.680. The Morgan fingerprint density at radius 2 is 2.00 bits per heavy atom. The average Bonchev–Trinajstić information content (AvgIpc) is 2.29. The van der Waals surface area contributed by atoms with Crippen molar-refractivity contribution in [1.29, 1.82) is 0 Å². The van der Waals surface area contributed by atoms with Crippen molar-refractivity contribution in [3.8, 4) is 0 Å². The summed E-state index contributed by atoms with van der Waals surface area (Å²) in [5, 5.41) is 10.1. The summed E-state index contributed by atoms with van der Waals surface area (Å²) in [5.74, 6) is -0.951. The molecule has 0 spiro atoms. The summed E-state index contributed by atoms with van der Waals surface area (Å²) in [6, 6.07) is 0.375. The topological polar surface area (TPSA) is 49.8 Å². The van der Waals surface area contributed by atoms with Gasteiger partial charge in [0.05, 0.1) is 6.61 Å². The zero-order chi connectivity index (χ0) is 13.1. The van der Waals surface area contributed by atoms with Gasteiger partial charge in [0, 0.05) is 19.1 Å². The molecule has 1 rings (SSSR count). The molecule has 0 saturated carbocycles. The van der Waals surface area contributed by atoms with Crippen LogP contribution in [0.3, 0.4) is 0 Å². The van der Waals surface area contributed by atoms with E-state index in [1.54, 1.807) is 6.92 Å². The third kappa shape index (κ3) is 3.39. The minimum atomic E-state index is -1.93. The minimum absolute atomic E-state index is 0.132. The first-order valence-electron chi connectivity index (χ1n) is 6.18. The highest BCUT2D eigenvalue weighted by atomic mass is 19.1. The number of hydrogen-bond donors (Lipinski definition) is 1. The molecule has 0 amide bonds. The second-order valence-electron chi connectivity index (χ2n) is 4.85. The third-order valence-electron chi connectivity index (χ3n) is 3.36. The number of hydrogen-bond acceptors (Lipinski definition) is 4. The molecule has 100 valence electrons. The van der Waals surface area contributed by atoms with Crippen LogP contribution in [0.15, 0.2) is 0 Å². The van der Waals surface area contributed by atoms with Crippen molar-refractivity contribution in [2.45, 2.75) is 51.4 Å². The van der Waals surface area contributed by atoms with Crippen LogP contribution in [0.2, 0.25) is 0 Å². The molecule has 1 aliphatic rings. The number of nitrogens with zero attached hydrogens (tertiary/aromatic N) is 1. The van der Waals surface area contributed by atoms with Crippen molar-refractivity contribution < 1.29 is 19.0 Å². The molecule has 1 N–H and O–H groups in total. The number of alkyl halides is 1. The fourth-order valence-corrected chi connectivity index (χ4v) is 2.12. The summed E-state index contributed by atoms with van der Waals surface area (Å²) >= 11 is 0. The fraction of sp³-hybridized carbons (Fsp3) is 0.917. The van der Waals surface area contributed by atoms with Gasteiger partial charge in [-0.3, -0.25) is 0 Å². The van der Waals surface area contributed by atoms with Crippen molar-refractivity contribution in [1.82, 2.24) is 4.90 Å². The molecule has 0 aromatic rings. The van der Waals surface area contributed by atoms with Crippen LogP contribution >= 0.6 is 0 Å². The second-order valence-corrected chi connectivity index (χ2v) is 4.85. The van der Waals surface area contributed by atoms with Crippen LogP contribution in [-0.2, 0) is 9.53 Å². The van der Waals surface area contributed by atoms with Gasteiger partial charge in [0.15, 0.2) is 0 Å². The monoisotopic (exact) mass is 247 g/mol. The van der Waals surface area contributed by atoms with Crippen LogP contribution < -0.4 is 0 Å². The molecule has 4 nitrogen and oxygen atoms in total. The van der Waals surface area contributed by atoms with Crippen LogP contribution in [0.1, 0.15) is 33.6 Å². The lowest BCUT2D eigenvalue weighted by atomic mass is 9.86. The summed E-state index contributed by atoms with van der Waals surface area (Å²) in [6.07, 6.45) is -1.40. The van der Waals surface area contributed by atoms with E-state index in [2.05, 4.69) is 23.5 Å². The molecule has 1 saturated heterocycles. The Bertz CT molecular complexity index is 262. The molecule has 1 fully saturated rings. The molecule has 17 heavy (non-hydrogen) atoms. The second kappa shape index (κ2) is 5.78. The SMILES string of the molecule is CCOC(=O)C(F)C1(O)CCN(C(C)C)CC1. The van der Waals surface area contributed by atoms with Gasteiger partial charge in [-0.1, -0.05) is 0 Å². The average molecular weight is 247 g/mol. The molecule has 5 heteroatoms. The van der Waals surface area contributed by atoms with Gasteiger partial charge in [-0.25, -0.2) is 9.18 Å². The normalized spacial score (nSPS) is 22.5. The van der Waals surface area contributed by atoms with E-state index < -0.39 is 17.7 Å². The number of halogens is 1. The van der Waals surface area contributed by atoms with Gasteiger partial charge < -0.3 is 14.7 Å². The number of piperidine rings is 1. The van der Waals surface area contributed by atoms with Crippen molar-refractivity contribution >= 4 is 5.97 Å². The van der Waals surface area contributed by atoms with Gasteiger partial charge in [0.25, 0.3) is 0 Å². The molecule has 1 heterocycles. The zero-order valence-corrected chi connectivity index (χ0v) is 10.8. The highest BCUT2D eigenvalue weighted by Crippen LogP contribution is 2.29. The van der Waals surface area contributed by atoms with Crippen LogP contribution in [0, 0.1) is 0 Å². The van der Waals surface area contributed by atoms with Gasteiger partial charge >= 0.3 is 5.97 Å². The van der Waals surface area contributed by atoms with Gasteiger partial charge in [0.2, 0.25) is 6.17 Å². The Labute approximate surface area is 102 Å². The van der Waals surface area contributed by atoms with Gasteiger partial charge in [-0.2, -0.15) is 0 Å². The highest BCUT2D eigenvalue weighted by Gasteiger charge is 2.45. The molecule has 0 aromatic carbocycles. The maximum atomic E-state index is 13.8. The first-order valence-corrected chi connectivity index (χ1v) is 6.18. The van der Waals surface area contributed by atoms with Crippen LogP contribution in [0.25, 0.3) is 0 Å². The molecule has 0 aliphatic carbocycles. The van der Waals surface area contributed by atoms with Gasteiger partial charge in [0.1, 0.15) is 5.60 Å². The summed E-state index contributed by atoms with van der Waals surface area (Å²) in [4.78, 5) is 13.5. The number of esters is 1. The van der Waals surface area contributed by atoms with Crippen LogP contribution in [0.4, 0.5) is 4.39 Å². The summed E-state index contributed by atoms with van der Waals surface area (Å²) < 4.78 is 18.4. The Balaban J connectivity index is 2.56. The predicted octanol–water partition coefficient (Wildman–Crippen LogP) is 1.12. The van der Waals surface area contributed by atoms with Gasteiger partial charge in [-0.15, -0.1) is 0 Å². The van der Waals surface area contributed by atoms with Crippen molar-refractivity contribution in [2.24, 2.45) is 0 Å². The minimum Gasteiger partial charge on any atom is -0.464 e. The van der Waals surface area contributed by atoms with E-state index in [0.29, 0.717) is 19.1 Å². The van der Waals surface area contributed by atoms with Gasteiger partial charge in [-0.05, 0) is 33.6 Å². The smallest absolute Gasteiger partial charge is 0.343 e. The Morgan fingerprint density at radius 1 is 1.47 bits per heavy atom. The van der Waals surface area contributed by atoms with Crippen molar-refractivity contribution in [2.75, 3.05) is 19.7 Å². The molecular formula is C12H22FNO3. The lowest BCUT2D eigenvalue weighted by molar-refractivity contribution is -0.165. The molecule has 0 bridgehead atoms. The molecule has 0 aromatic heterocycles. The summed E-state index contributed by atoms with van der Waals surface area (Å²) in [7, 11) is 0. The first kappa shape index (κ1) is 14.4. The number of carbonyl (C=O) groups is 1. The number of aliphatic hydroxyl groups is 1. The lowest BCUT2D eigenvalue weighted by Gasteiger charge is -2.40. The summed E-state index contributed by atoms with van der Waals surface area (Å²) in [6.45, 7) is 7.08. The lowest BCUT2D eigenvalue weighted by Crippen LogP contribution is -2.54. The van der Waals surface area contributed by atoms with E-state index in [1.165, 1.54) is 0 Å². The summed E-state index contributed by atoms with van der Waals surface area (Å²) in [5.41, 5.74) is -1.56. The van der Waals surface area contributed by atoms with E-state index in [0.717, 1.165) is 0 Å². The molecule has 0 radical (unpaired) electrons. The first-order chi connectivity index (χ1) is 7.90. The molecule has 1 atom stereocenters. The van der Waals surface area contributed by atoms with Crippen molar-refractivity contribution in [3.05, 3.63) is 0 Å². The number of ether oxygens (including phenoxy) is 1. The Kier molecular flexibility index (Phi) is 4.89. The van der Waals surface area contributed by atoms with E-state index in [9.17, 15) is 14.3 Å².